The number of amides is 1. The molecule has 1 aromatic carbocycles. The van der Waals surface area contributed by atoms with Crippen LogP contribution in [0.25, 0.3) is 0 Å². The Kier molecular flexibility index (Phi) is 10.3. The fourth-order valence-electron chi connectivity index (χ4n) is 2.41. The summed E-state index contributed by atoms with van der Waals surface area (Å²) in [5.74, 6) is 0.115. The largest absolute Gasteiger partial charge is 0.483 e. The quantitative estimate of drug-likeness (QED) is 0.445. The van der Waals surface area contributed by atoms with Gasteiger partial charge in [-0.3, -0.25) is 9.59 Å². The minimum Gasteiger partial charge on any atom is -0.483 e. The molecule has 0 aliphatic carbocycles. The van der Waals surface area contributed by atoms with Gasteiger partial charge in [-0.2, -0.15) is 0 Å². The van der Waals surface area contributed by atoms with E-state index in [9.17, 15) is 9.59 Å². The van der Waals surface area contributed by atoms with Crippen LogP contribution in [0.5, 0.6) is 5.75 Å². The number of para-hydroxylation sites is 1. The first-order valence-electron chi connectivity index (χ1n) is 8.80. The third-order valence-electron chi connectivity index (χ3n) is 3.73. The fraction of sp³-hybridized carbons (Fsp3) is 0.579. The van der Waals surface area contributed by atoms with Crippen LogP contribution in [0.15, 0.2) is 18.2 Å². The second-order valence-electron chi connectivity index (χ2n) is 5.78. The summed E-state index contributed by atoms with van der Waals surface area (Å²) in [6.45, 7) is 6.73. The van der Waals surface area contributed by atoms with Gasteiger partial charge in [0.05, 0.1) is 32.8 Å². The molecule has 0 unspecified atom stereocenters. The molecule has 0 radical (unpaired) electrons. The highest BCUT2D eigenvalue weighted by molar-refractivity contribution is 5.78. The summed E-state index contributed by atoms with van der Waals surface area (Å²) in [6, 6.07) is 5.78. The van der Waals surface area contributed by atoms with E-state index in [-0.39, 0.29) is 51.3 Å². The zero-order valence-electron chi connectivity index (χ0n) is 15.8. The number of aliphatic hydroxyl groups is 1. The van der Waals surface area contributed by atoms with Crippen LogP contribution in [0, 0.1) is 13.8 Å². The van der Waals surface area contributed by atoms with Gasteiger partial charge in [-0.1, -0.05) is 18.2 Å². The van der Waals surface area contributed by atoms with Crippen LogP contribution in [0.1, 0.15) is 24.5 Å². The van der Waals surface area contributed by atoms with Crippen molar-refractivity contribution in [3.63, 3.8) is 0 Å². The van der Waals surface area contributed by atoms with Crippen LogP contribution in [0.3, 0.4) is 0 Å². The zero-order chi connectivity index (χ0) is 19.4. The number of hydrogen-bond donors (Lipinski definition) is 1. The smallest absolute Gasteiger partial charge is 0.307 e. The van der Waals surface area contributed by atoms with Crippen LogP contribution in [0.4, 0.5) is 0 Å². The van der Waals surface area contributed by atoms with Gasteiger partial charge >= 0.3 is 5.97 Å². The Balaban J connectivity index is 2.61. The number of aliphatic hydroxyl groups excluding tert-OH is 1. The predicted molar refractivity (Wildman–Crippen MR) is 97.1 cm³/mol. The monoisotopic (exact) mass is 367 g/mol. The van der Waals surface area contributed by atoms with E-state index in [1.54, 1.807) is 6.92 Å². The standard InChI is InChI=1S/C19H29NO6/c1-4-25-18(23)8-9-20(10-12-24-13-11-21)17(22)14-26-19-15(2)6-5-7-16(19)3/h5-7,21H,4,8-14H2,1-3H3. The molecule has 146 valence electrons. The Morgan fingerprint density at radius 1 is 1.12 bits per heavy atom. The second kappa shape index (κ2) is 12.3. The fourth-order valence-corrected chi connectivity index (χ4v) is 2.41. The van der Waals surface area contributed by atoms with E-state index in [2.05, 4.69) is 0 Å². The lowest BCUT2D eigenvalue weighted by Crippen LogP contribution is -2.39. The van der Waals surface area contributed by atoms with E-state index >= 15 is 0 Å². The molecule has 0 atom stereocenters. The Bertz CT molecular complexity index is 555. The van der Waals surface area contributed by atoms with Crippen molar-refractivity contribution in [2.75, 3.05) is 46.1 Å². The Morgan fingerprint density at radius 3 is 2.42 bits per heavy atom. The summed E-state index contributed by atoms with van der Waals surface area (Å²) in [5.41, 5.74) is 1.92. The summed E-state index contributed by atoms with van der Waals surface area (Å²) >= 11 is 0. The number of esters is 1. The van der Waals surface area contributed by atoms with Gasteiger partial charge in [0.25, 0.3) is 5.91 Å². The van der Waals surface area contributed by atoms with E-state index in [0.717, 1.165) is 11.1 Å². The highest BCUT2D eigenvalue weighted by Gasteiger charge is 2.17. The number of carbonyl (C=O) groups excluding carboxylic acids is 2. The van der Waals surface area contributed by atoms with E-state index in [0.29, 0.717) is 18.9 Å². The van der Waals surface area contributed by atoms with Gasteiger partial charge < -0.3 is 24.2 Å². The van der Waals surface area contributed by atoms with Crippen molar-refractivity contribution >= 4 is 11.9 Å². The van der Waals surface area contributed by atoms with Crippen molar-refractivity contribution < 1.29 is 28.9 Å². The number of benzene rings is 1. The third-order valence-corrected chi connectivity index (χ3v) is 3.73. The summed E-state index contributed by atoms with van der Waals surface area (Å²) < 4.78 is 15.8. The molecular formula is C19H29NO6. The lowest BCUT2D eigenvalue weighted by atomic mass is 10.1. The molecule has 1 N–H and O–H groups in total. The Labute approximate surface area is 154 Å². The lowest BCUT2D eigenvalue weighted by Gasteiger charge is -2.23. The molecule has 0 aliphatic heterocycles. The van der Waals surface area contributed by atoms with Gasteiger partial charge in [0.2, 0.25) is 0 Å². The molecule has 0 bridgehead atoms. The summed E-state index contributed by atoms with van der Waals surface area (Å²) in [7, 11) is 0. The van der Waals surface area contributed by atoms with E-state index in [1.807, 2.05) is 32.0 Å². The molecule has 0 heterocycles. The van der Waals surface area contributed by atoms with Crippen molar-refractivity contribution in [1.82, 2.24) is 4.90 Å². The highest BCUT2D eigenvalue weighted by Crippen LogP contribution is 2.22. The highest BCUT2D eigenvalue weighted by atomic mass is 16.5. The molecule has 7 nitrogen and oxygen atoms in total. The average molecular weight is 367 g/mol. The summed E-state index contributed by atoms with van der Waals surface area (Å²) in [4.78, 5) is 25.6. The molecule has 0 spiro atoms. The number of carbonyl (C=O) groups is 2. The van der Waals surface area contributed by atoms with Gasteiger partial charge in [-0.05, 0) is 31.9 Å². The van der Waals surface area contributed by atoms with Gasteiger partial charge in [-0.25, -0.2) is 0 Å². The number of aryl methyl sites for hydroxylation is 2. The minimum absolute atomic E-state index is 0.0769. The molecule has 0 fully saturated rings. The first-order chi connectivity index (χ1) is 12.5. The molecule has 0 aliphatic rings. The topological polar surface area (TPSA) is 85.3 Å². The van der Waals surface area contributed by atoms with E-state index in [1.165, 1.54) is 4.90 Å². The number of nitrogens with zero attached hydrogens (tertiary/aromatic N) is 1. The Morgan fingerprint density at radius 2 is 1.81 bits per heavy atom. The average Bonchev–Trinajstić information content (AvgIpc) is 2.60. The van der Waals surface area contributed by atoms with Crippen molar-refractivity contribution in [2.45, 2.75) is 27.2 Å². The van der Waals surface area contributed by atoms with E-state index in [4.69, 9.17) is 19.3 Å². The van der Waals surface area contributed by atoms with Gasteiger partial charge in [0.1, 0.15) is 5.75 Å². The van der Waals surface area contributed by atoms with Crippen LogP contribution in [-0.2, 0) is 19.1 Å². The van der Waals surface area contributed by atoms with Crippen LogP contribution in [0.2, 0.25) is 0 Å². The molecular weight excluding hydrogens is 338 g/mol. The van der Waals surface area contributed by atoms with Crippen molar-refractivity contribution in [3.8, 4) is 5.75 Å². The maximum absolute atomic E-state index is 12.5. The number of hydrogen-bond acceptors (Lipinski definition) is 6. The normalized spacial score (nSPS) is 10.5. The minimum atomic E-state index is -0.350. The molecule has 7 heteroatoms. The molecule has 1 aromatic rings. The van der Waals surface area contributed by atoms with E-state index < -0.39 is 0 Å². The molecule has 0 saturated carbocycles. The van der Waals surface area contributed by atoms with Gasteiger partial charge in [-0.15, -0.1) is 0 Å². The van der Waals surface area contributed by atoms with Crippen LogP contribution < -0.4 is 4.74 Å². The maximum Gasteiger partial charge on any atom is 0.307 e. The van der Waals surface area contributed by atoms with Crippen molar-refractivity contribution in [1.29, 1.82) is 0 Å². The molecule has 1 rings (SSSR count). The van der Waals surface area contributed by atoms with Crippen molar-refractivity contribution in [3.05, 3.63) is 29.3 Å². The van der Waals surface area contributed by atoms with Crippen LogP contribution in [-0.4, -0.2) is 68.0 Å². The van der Waals surface area contributed by atoms with Crippen LogP contribution >= 0.6 is 0 Å². The number of ether oxygens (including phenoxy) is 3. The maximum atomic E-state index is 12.5. The Hall–Kier alpha value is -2.12. The first kappa shape index (κ1) is 21.9. The number of rotatable bonds is 12. The molecule has 0 saturated heterocycles. The molecule has 1 amide bonds. The summed E-state index contributed by atoms with van der Waals surface area (Å²) in [6.07, 6.45) is 0.114. The third kappa shape index (κ3) is 7.84. The molecule has 0 aromatic heterocycles. The SMILES string of the molecule is CCOC(=O)CCN(CCOCCO)C(=O)COc1c(C)cccc1C. The first-order valence-corrected chi connectivity index (χ1v) is 8.80. The zero-order valence-corrected chi connectivity index (χ0v) is 15.8. The predicted octanol–water partition coefficient (Wildman–Crippen LogP) is 1.47. The second-order valence-corrected chi connectivity index (χ2v) is 5.78. The summed E-state index contributed by atoms with van der Waals surface area (Å²) in [5, 5.41) is 8.75. The lowest BCUT2D eigenvalue weighted by molar-refractivity contribution is -0.144. The van der Waals surface area contributed by atoms with Gasteiger partial charge in [0, 0.05) is 13.1 Å². The van der Waals surface area contributed by atoms with Crippen molar-refractivity contribution in [2.24, 2.45) is 0 Å². The molecule has 26 heavy (non-hydrogen) atoms. The van der Waals surface area contributed by atoms with Gasteiger partial charge in [0.15, 0.2) is 6.61 Å².